The zero-order valence-corrected chi connectivity index (χ0v) is 11.5. The largest absolute Gasteiger partial charge is 0.305 e. The molecule has 0 fully saturated rings. The van der Waals surface area contributed by atoms with Gasteiger partial charge >= 0.3 is 0 Å². The second kappa shape index (κ2) is 6.16. The lowest BCUT2D eigenvalue weighted by molar-refractivity contribution is -0.119. The summed E-state index contributed by atoms with van der Waals surface area (Å²) in [7, 11) is 0. The molecule has 2 nitrogen and oxygen atoms in total. The van der Waals surface area contributed by atoms with E-state index in [4.69, 9.17) is 0 Å². The van der Waals surface area contributed by atoms with Gasteiger partial charge < -0.3 is 5.32 Å². The van der Waals surface area contributed by atoms with Crippen LogP contribution in [0.2, 0.25) is 0 Å². The van der Waals surface area contributed by atoms with Crippen molar-refractivity contribution in [1.82, 2.24) is 5.32 Å². The molecule has 0 aromatic heterocycles. The number of Topliss-reactive ketones (excluding diaryl/α,β-unsaturated/α-hetero) is 1. The zero-order valence-electron chi connectivity index (χ0n) is 9.96. The maximum absolute atomic E-state index is 11.5. The predicted molar refractivity (Wildman–Crippen MR) is 70.6 cm³/mol. The molecule has 0 amide bonds. The minimum atomic E-state index is -0.0822. The van der Waals surface area contributed by atoms with Crippen molar-refractivity contribution < 1.29 is 4.79 Å². The van der Waals surface area contributed by atoms with Gasteiger partial charge in [-0.3, -0.25) is 4.79 Å². The van der Waals surface area contributed by atoms with Crippen molar-refractivity contribution in [3.8, 4) is 0 Å². The second-order valence-electron chi connectivity index (χ2n) is 4.32. The van der Waals surface area contributed by atoms with Crippen molar-refractivity contribution in [2.75, 3.05) is 0 Å². The standard InChI is InChI=1S/C13H18BrNO/c1-9(2)15-13(10(3)16)8-11-4-6-12(14)7-5-11/h4-7,9,13,15H,8H2,1-3H3. The Balaban J connectivity index is 2.68. The Morgan fingerprint density at radius 1 is 1.31 bits per heavy atom. The van der Waals surface area contributed by atoms with E-state index in [1.807, 2.05) is 24.3 Å². The van der Waals surface area contributed by atoms with E-state index >= 15 is 0 Å². The van der Waals surface area contributed by atoms with Crippen LogP contribution >= 0.6 is 15.9 Å². The summed E-state index contributed by atoms with van der Waals surface area (Å²) >= 11 is 3.40. The molecule has 88 valence electrons. The van der Waals surface area contributed by atoms with Crippen LogP contribution in [0.5, 0.6) is 0 Å². The minimum absolute atomic E-state index is 0.0822. The van der Waals surface area contributed by atoms with E-state index in [9.17, 15) is 4.79 Å². The average Bonchev–Trinajstić information content (AvgIpc) is 2.19. The zero-order chi connectivity index (χ0) is 12.1. The molecule has 1 aromatic carbocycles. The van der Waals surface area contributed by atoms with E-state index in [0.29, 0.717) is 6.04 Å². The molecule has 0 aliphatic carbocycles. The van der Waals surface area contributed by atoms with E-state index in [1.54, 1.807) is 6.92 Å². The molecule has 0 aliphatic rings. The van der Waals surface area contributed by atoms with Crippen LogP contribution in [0.1, 0.15) is 26.3 Å². The van der Waals surface area contributed by atoms with Crippen molar-refractivity contribution >= 4 is 21.7 Å². The highest BCUT2D eigenvalue weighted by atomic mass is 79.9. The fourth-order valence-electron chi connectivity index (χ4n) is 1.58. The summed E-state index contributed by atoms with van der Waals surface area (Å²) < 4.78 is 1.06. The number of benzene rings is 1. The molecule has 0 bridgehead atoms. The summed E-state index contributed by atoms with van der Waals surface area (Å²) in [6.45, 7) is 5.74. The number of nitrogens with one attached hydrogen (secondary N) is 1. The first-order valence-electron chi connectivity index (χ1n) is 5.50. The first kappa shape index (κ1) is 13.4. The van der Waals surface area contributed by atoms with Gasteiger partial charge in [0.1, 0.15) is 5.78 Å². The molecule has 1 N–H and O–H groups in total. The van der Waals surface area contributed by atoms with Gasteiger partial charge in [-0.1, -0.05) is 41.9 Å². The van der Waals surface area contributed by atoms with Gasteiger partial charge in [0, 0.05) is 10.5 Å². The van der Waals surface area contributed by atoms with Crippen molar-refractivity contribution in [1.29, 1.82) is 0 Å². The molecule has 0 saturated carbocycles. The number of halogens is 1. The van der Waals surface area contributed by atoms with Gasteiger partial charge in [0.15, 0.2) is 0 Å². The third kappa shape index (κ3) is 4.45. The number of ketones is 1. The van der Waals surface area contributed by atoms with Gasteiger partial charge in [-0.15, -0.1) is 0 Å². The molecule has 0 saturated heterocycles. The van der Waals surface area contributed by atoms with Crippen LogP contribution in [0.4, 0.5) is 0 Å². The highest BCUT2D eigenvalue weighted by Crippen LogP contribution is 2.12. The lowest BCUT2D eigenvalue weighted by atomic mass is 10.0. The molecule has 3 heteroatoms. The maximum atomic E-state index is 11.5. The summed E-state index contributed by atoms with van der Waals surface area (Å²) in [5.41, 5.74) is 1.18. The van der Waals surface area contributed by atoms with Gasteiger partial charge in [0.05, 0.1) is 6.04 Å². The molecule has 16 heavy (non-hydrogen) atoms. The molecular formula is C13H18BrNO. The lowest BCUT2D eigenvalue weighted by Crippen LogP contribution is -2.41. The van der Waals surface area contributed by atoms with E-state index in [2.05, 4.69) is 35.1 Å². The van der Waals surface area contributed by atoms with Crippen molar-refractivity contribution in [2.24, 2.45) is 0 Å². The number of hydrogen-bond acceptors (Lipinski definition) is 2. The second-order valence-corrected chi connectivity index (χ2v) is 5.23. The third-order valence-electron chi connectivity index (χ3n) is 2.38. The van der Waals surface area contributed by atoms with Crippen LogP contribution in [-0.2, 0) is 11.2 Å². The first-order chi connectivity index (χ1) is 7.49. The summed E-state index contributed by atoms with van der Waals surface area (Å²) in [5, 5.41) is 3.28. The SMILES string of the molecule is CC(=O)C(Cc1ccc(Br)cc1)NC(C)C. The van der Waals surface area contributed by atoms with E-state index in [-0.39, 0.29) is 11.8 Å². The number of carbonyl (C=O) groups is 1. The summed E-state index contributed by atoms with van der Waals surface area (Å²) in [6, 6.07) is 8.33. The van der Waals surface area contributed by atoms with Gasteiger partial charge in [-0.2, -0.15) is 0 Å². The van der Waals surface area contributed by atoms with Crippen LogP contribution in [0.15, 0.2) is 28.7 Å². The predicted octanol–water partition coefficient (Wildman–Crippen LogP) is 2.95. The molecule has 0 heterocycles. The Bertz CT molecular complexity index is 345. The van der Waals surface area contributed by atoms with Gasteiger partial charge in [-0.25, -0.2) is 0 Å². The van der Waals surface area contributed by atoms with Crippen LogP contribution in [0.3, 0.4) is 0 Å². The summed E-state index contributed by atoms with van der Waals surface area (Å²) in [4.78, 5) is 11.5. The van der Waals surface area contributed by atoms with E-state index in [1.165, 1.54) is 5.56 Å². The van der Waals surface area contributed by atoms with Crippen LogP contribution < -0.4 is 5.32 Å². The monoisotopic (exact) mass is 283 g/mol. The Kier molecular flexibility index (Phi) is 5.16. The maximum Gasteiger partial charge on any atom is 0.147 e. The van der Waals surface area contributed by atoms with Crippen LogP contribution in [0.25, 0.3) is 0 Å². The Hall–Kier alpha value is -0.670. The molecule has 0 radical (unpaired) electrons. The minimum Gasteiger partial charge on any atom is -0.305 e. The van der Waals surface area contributed by atoms with E-state index < -0.39 is 0 Å². The van der Waals surface area contributed by atoms with Gasteiger partial charge in [0.25, 0.3) is 0 Å². The number of hydrogen-bond donors (Lipinski definition) is 1. The fraction of sp³-hybridized carbons (Fsp3) is 0.462. The Morgan fingerprint density at radius 3 is 2.31 bits per heavy atom. The molecule has 1 rings (SSSR count). The van der Waals surface area contributed by atoms with Crippen molar-refractivity contribution in [3.63, 3.8) is 0 Å². The van der Waals surface area contributed by atoms with Crippen molar-refractivity contribution in [3.05, 3.63) is 34.3 Å². The number of rotatable bonds is 5. The van der Waals surface area contributed by atoms with Crippen molar-refractivity contribution in [2.45, 2.75) is 39.3 Å². The van der Waals surface area contributed by atoms with Crippen LogP contribution in [-0.4, -0.2) is 17.9 Å². The molecular weight excluding hydrogens is 266 g/mol. The fourth-order valence-corrected chi connectivity index (χ4v) is 1.84. The van der Waals surface area contributed by atoms with Gasteiger partial charge in [0.2, 0.25) is 0 Å². The molecule has 1 atom stereocenters. The van der Waals surface area contributed by atoms with Crippen LogP contribution in [0, 0.1) is 0 Å². The lowest BCUT2D eigenvalue weighted by Gasteiger charge is -2.18. The average molecular weight is 284 g/mol. The Morgan fingerprint density at radius 2 is 1.88 bits per heavy atom. The Labute approximate surface area is 106 Å². The summed E-state index contributed by atoms with van der Waals surface area (Å²) in [5.74, 6) is 0.191. The first-order valence-corrected chi connectivity index (χ1v) is 6.29. The topological polar surface area (TPSA) is 29.1 Å². The summed E-state index contributed by atoms with van der Waals surface area (Å²) in [6.07, 6.45) is 0.751. The third-order valence-corrected chi connectivity index (χ3v) is 2.91. The molecule has 1 unspecified atom stereocenters. The quantitative estimate of drug-likeness (QED) is 0.900. The van der Waals surface area contributed by atoms with Gasteiger partial charge in [-0.05, 0) is 31.0 Å². The highest BCUT2D eigenvalue weighted by molar-refractivity contribution is 9.10. The normalized spacial score (nSPS) is 12.8. The smallest absolute Gasteiger partial charge is 0.147 e. The van der Waals surface area contributed by atoms with E-state index in [0.717, 1.165) is 10.9 Å². The molecule has 0 aliphatic heterocycles. The molecule has 0 spiro atoms. The number of carbonyl (C=O) groups excluding carboxylic acids is 1. The highest BCUT2D eigenvalue weighted by Gasteiger charge is 2.15. The molecule has 1 aromatic rings.